The number of hydrogen-bond donors (Lipinski definition) is 1. The van der Waals surface area contributed by atoms with Gasteiger partial charge in [-0.15, -0.1) is 0 Å². The Kier molecular flexibility index (Phi) is 3.31. The van der Waals surface area contributed by atoms with Crippen LogP contribution in [0, 0.1) is 6.92 Å². The molecule has 13 heavy (non-hydrogen) atoms. The molecule has 0 saturated heterocycles. The monoisotopic (exact) mass is 183 g/mol. The van der Waals surface area contributed by atoms with Crippen LogP contribution in [-0.2, 0) is 11.8 Å². The molecular weight excluding hydrogens is 166 g/mol. The van der Waals surface area contributed by atoms with Gasteiger partial charge in [-0.05, 0) is 13.8 Å². The predicted molar refractivity (Wildman–Crippen MR) is 52.9 cm³/mol. The van der Waals surface area contributed by atoms with E-state index in [0.29, 0.717) is 12.6 Å². The average molecular weight is 183 g/mol. The van der Waals surface area contributed by atoms with Gasteiger partial charge < -0.3 is 10.1 Å². The van der Waals surface area contributed by atoms with Crippen molar-refractivity contribution < 1.29 is 4.74 Å². The first-order valence-corrected chi connectivity index (χ1v) is 4.39. The minimum absolute atomic E-state index is 0.291. The summed E-state index contributed by atoms with van der Waals surface area (Å²) in [6.07, 6.45) is 0. The van der Waals surface area contributed by atoms with Crippen molar-refractivity contribution in [3.8, 4) is 0 Å². The summed E-state index contributed by atoms with van der Waals surface area (Å²) in [4.78, 5) is 0. The van der Waals surface area contributed by atoms with Crippen molar-refractivity contribution in [3.63, 3.8) is 0 Å². The summed E-state index contributed by atoms with van der Waals surface area (Å²) < 4.78 is 6.86. The molecule has 1 atom stereocenters. The first-order chi connectivity index (χ1) is 6.13. The van der Waals surface area contributed by atoms with Gasteiger partial charge >= 0.3 is 0 Å². The van der Waals surface area contributed by atoms with Crippen LogP contribution in [0.25, 0.3) is 0 Å². The lowest BCUT2D eigenvalue weighted by atomic mass is 10.3. The average Bonchev–Trinajstić information content (AvgIpc) is 2.31. The van der Waals surface area contributed by atoms with Gasteiger partial charge in [-0.3, -0.25) is 4.68 Å². The Bertz CT molecular complexity index is 250. The van der Waals surface area contributed by atoms with Crippen LogP contribution in [-0.4, -0.2) is 29.5 Å². The van der Waals surface area contributed by atoms with E-state index in [0.717, 1.165) is 11.5 Å². The number of methoxy groups -OCH3 is 1. The molecule has 0 spiro atoms. The number of ether oxygens (including phenoxy) is 1. The molecule has 0 aliphatic carbocycles. The zero-order chi connectivity index (χ0) is 9.84. The Morgan fingerprint density at radius 2 is 2.38 bits per heavy atom. The van der Waals surface area contributed by atoms with Gasteiger partial charge in [0.05, 0.1) is 6.61 Å². The number of aromatic nitrogens is 2. The van der Waals surface area contributed by atoms with Gasteiger partial charge in [0.2, 0.25) is 0 Å². The topological polar surface area (TPSA) is 39.1 Å². The molecule has 0 fully saturated rings. The fourth-order valence-corrected chi connectivity index (χ4v) is 1.18. The maximum Gasteiger partial charge on any atom is 0.148 e. The van der Waals surface area contributed by atoms with Crippen molar-refractivity contribution in [2.24, 2.45) is 7.05 Å². The van der Waals surface area contributed by atoms with Gasteiger partial charge in [0, 0.05) is 32.0 Å². The van der Waals surface area contributed by atoms with Crippen molar-refractivity contribution in [3.05, 3.63) is 11.8 Å². The van der Waals surface area contributed by atoms with Crippen molar-refractivity contribution in [1.29, 1.82) is 0 Å². The smallest absolute Gasteiger partial charge is 0.148 e. The molecule has 4 nitrogen and oxygen atoms in total. The van der Waals surface area contributed by atoms with Gasteiger partial charge in [-0.25, -0.2) is 0 Å². The van der Waals surface area contributed by atoms with Crippen LogP contribution in [0.3, 0.4) is 0 Å². The highest BCUT2D eigenvalue weighted by Crippen LogP contribution is 2.07. The summed E-state index contributed by atoms with van der Waals surface area (Å²) in [5.74, 6) is 0.907. The van der Waals surface area contributed by atoms with Crippen molar-refractivity contribution in [2.45, 2.75) is 19.9 Å². The van der Waals surface area contributed by atoms with Crippen LogP contribution in [0.4, 0.5) is 5.82 Å². The zero-order valence-corrected chi connectivity index (χ0v) is 8.66. The van der Waals surface area contributed by atoms with E-state index in [1.807, 2.05) is 24.7 Å². The predicted octanol–water partition coefficient (Wildman–Crippen LogP) is 1.18. The maximum atomic E-state index is 5.02. The molecule has 1 N–H and O–H groups in total. The fourth-order valence-electron chi connectivity index (χ4n) is 1.18. The van der Waals surface area contributed by atoms with Crippen LogP contribution >= 0.6 is 0 Å². The van der Waals surface area contributed by atoms with E-state index in [9.17, 15) is 0 Å². The number of hydrogen-bond acceptors (Lipinski definition) is 3. The molecule has 1 aromatic heterocycles. The van der Waals surface area contributed by atoms with Gasteiger partial charge in [0.25, 0.3) is 0 Å². The zero-order valence-electron chi connectivity index (χ0n) is 8.66. The number of nitrogens with one attached hydrogen (secondary N) is 1. The quantitative estimate of drug-likeness (QED) is 0.761. The summed E-state index contributed by atoms with van der Waals surface area (Å²) in [6, 6.07) is 2.31. The molecule has 1 heterocycles. The summed E-state index contributed by atoms with van der Waals surface area (Å²) >= 11 is 0. The minimum atomic E-state index is 0.291. The van der Waals surface area contributed by atoms with Crippen molar-refractivity contribution in [1.82, 2.24) is 9.78 Å². The first kappa shape index (κ1) is 10.1. The Morgan fingerprint density at radius 3 is 2.85 bits per heavy atom. The van der Waals surface area contributed by atoms with Crippen LogP contribution in [0.1, 0.15) is 12.6 Å². The Labute approximate surface area is 78.9 Å². The van der Waals surface area contributed by atoms with Crippen LogP contribution in [0.5, 0.6) is 0 Å². The molecule has 0 radical (unpaired) electrons. The Hall–Kier alpha value is -1.03. The lowest BCUT2D eigenvalue weighted by Gasteiger charge is -2.10. The largest absolute Gasteiger partial charge is 0.383 e. The van der Waals surface area contributed by atoms with E-state index in [1.165, 1.54) is 0 Å². The number of anilines is 1. The molecule has 1 rings (SSSR count). The lowest BCUT2D eigenvalue weighted by molar-refractivity contribution is 0.190. The molecule has 0 aromatic carbocycles. The number of nitrogens with zero attached hydrogens (tertiary/aromatic N) is 2. The lowest BCUT2D eigenvalue weighted by Crippen LogP contribution is -2.21. The fraction of sp³-hybridized carbons (Fsp3) is 0.667. The molecule has 1 aromatic rings. The van der Waals surface area contributed by atoms with E-state index in [4.69, 9.17) is 4.74 Å². The first-order valence-electron chi connectivity index (χ1n) is 4.39. The molecule has 0 aliphatic rings. The summed E-state index contributed by atoms with van der Waals surface area (Å²) in [6.45, 7) is 4.78. The molecule has 4 heteroatoms. The highest BCUT2D eigenvalue weighted by atomic mass is 16.5. The summed E-state index contributed by atoms with van der Waals surface area (Å²) in [5.41, 5.74) is 1.15. The molecule has 0 saturated carbocycles. The normalized spacial score (nSPS) is 12.9. The van der Waals surface area contributed by atoms with E-state index < -0.39 is 0 Å². The van der Waals surface area contributed by atoms with E-state index in [-0.39, 0.29) is 0 Å². The molecular formula is C9H17N3O. The molecule has 0 bridgehead atoms. The number of rotatable bonds is 4. The van der Waals surface area contributed by atoms with Gasteiger partial charge in [0.15, 0.2) is 0 Å². The second kappa shape index (κ2) is 4.28. The highest BCUT2D eigenvalue weighted by Gasteiger charge is 2.04. The van der Waals surface area contributed by atoms with E-state index >= 15 is 0 Å². The second-order valence-electron chi connectivity index (χ2n) is 3.30. The highest BCUT2D eigenvalue weighted by molar-refractivity contribution is 5.36. The molecule has 1 unspecified atom stereocenters. The summed E-state index contributed by atoms with van der Waals surface area (Å²) in [7, 11) is 3.63. The van der Waals surface area contributed by atoms with E-state index in [2.05, 4.69) is 17.3 Å². The Balaban J connectivity index is 2.53. The van der Waals surface area contributed by atoms with Crippen LogP contribution in [0.2, 0.25) is 0 Å². The molecule has 0 amide bonds. The Morgan fingerprint density at radius 1 is 1.69 bits per heavy atom. The van der Waals surface area contributed by atoms with Crippen LogP contribution in [0.15, 0.2) is 6.07 Å². The van der Waals surface area contributed by atoms with Gasteiger partial charge in [-0.2, -0.15) is 5.10 Å². The second-order valence-corrected chi connectivity index (χ2v) is 3.30. The van der Waals surface area contributed by atoms with Gasteiger partial charge in [-0.1, -0.05) is 0 Å². The third kappa shape index (κ3) is 2.73. The molecule has 0 aliphatic heterocycles. The van der Waals surface area contributed by atoms with Crippen LogP contribution < -0.4 is 5.32 Å². The van der Waals surface area contributed by atoms with Crippen molar-refractivity contribution in [2.75, 3.05) is 19.0 Å². The number of aryl methyl sites for hydroxylation is 2. The minimum Gasteiger partial charge on any atom is -0.383 e. The van der Waals surface area contributed by atoms with Gasteiger partial charge in [0.1, 0.15) is 5.82 Å². The molecule has 74 valence electrons. The van der Waals surface area contributed by atoms with Crippen molar-refractivity contribution >= 4 is 5.82 Å². The third-order valence-corrected chi connectivity index (χ3v) is 1.92. The van der Waals surface area contributed by atoms with E-state index in [1.54, 1.807) is 7.11 Å². The third-order valence-electron chi connectivity index (χ3n) is 1.92. The maximum absolute atomic E-state index is 5.02. The standard InChI is InChI=1S/C9H17N3O/c1-7(6-13-4)10-9-5-8(2)12(3)11-9/h5,7H,6H2,1-4H3,(H,10,11). The SMILES string of the molecule is COCC(C)Nc1cc(C)n(C)n1. The summed E-state index contributed by atoms with van der Waals surface area (Å²) in [5, 5.41) is 7.53.